The van der Waals surface area contributed by atoms with Gasteiger partial charge in [-0.1, -0.05) is 30.5 Å². The van der Waals surface area contributed by atoms with E-state index in [1.165, 1.54) is 25.0 Å². The van der Waals surface area contributed by atoms with Crippen molar-refractivity contribution in [3.8, 4) is 0 Å². The molecule has 1 aliphatic carbocycles. The van der Waals surface area contributed by atoms with Gasteiger partial charge in [0.15, 0.2) is 0 Å². The summed E-state index contributed by atoms with van der Waals surface area (Å²) >= 11 is 6.01. The van der Waals surface area contributed by atoms with Gasteiger partial charge in [-0.25, -0.2) is 4.39 Å². The van der Waals surface area contributed by atoms with Crippen molar-refractivity contribution in [3.63, 3.8) is 0 Å². The van der Waals surface area contributed by atoms with E-state index >= 15 is 0 Å². The van der Waals surface area contributed by atoms with Crippen LogP contribution in [0.25, 0.3) is 0 Å². The van der Waals surface area contributed by atoms with E-state index in [1.807, 2.05) is 0 Å². The summed E-state index contributed by atoms with van der Waals surface area (Å²) in [4.78, 5) is 0. The molecule has 0 aromatic heterocycles. The monoisotopic (exact) mass is 241 g/mol. The second-order valence-corrected chi connectivity index (χ2v) is 5.14. The van der Waals surface area contributed by atoms with Crippen LogP contribution < -0.4 is 5.73 Å². The molecular formula is C13H17ClFN. The fraction of sp³-hybridized carbons (Fsp3) is 0.538. The van der Waals surface area contributed by atoms with Crippen LogP contribution in [0.1, 0.15) is 31.2 Å². The summed E-state index contributed by atoms with van der Waals surface area (Å²) in [5, 5.41) is 0.541. The minimum absolute atomic E-state index is 0.269. The molecule has 1 aromatic carbocycles. The summed E-state index contributed by atoms with van der Waals surface area (Å²) in [6, 6.07) is 4.99. The lowest BCUT2D eigenvalue weighted by atomic mass is 9.82. The predicted octanol–water partition coefficient (Wildman–Crippen LogP) is 3.54. The molecule has 1 saturated carbocycles. The second kappa shape index (κ2) is 5.15. The number of benzene rings is 1. The highest BCUT2D eigenvalue weighted by atomic mass is 35.5. The van der Waals surface area contributed by atoms with Gasteiger partial charge in [-0.3, -0.25) is 0 Å². The zero-order valence-electron chi connectivity index (χ0n) is 9.26. The Balaban J connectivity index is 2.02. The van der Waals surface area contributed by atoms with Gasteiger partial charge in [-0.15, -0.1) is 0 Å². The minimum atomic E-state index is -0.269. The van der Waals surface area contributed by atoms with E-state index < -0.39 is 0 Å². The summed E-state index contributed by atoms with van der Waals surface area (Å²) in [6.07, 6.45) is 5.53. The lowest BCUT2D eigenvalue weighted by molar-refractivity contribution is 0.321. The Hall–Kier alpha value is -0.600. The Bertz CT molecular complexity index is 367. The third-order valence-corrected chi connectivity index (χ3v) is 3.70. The van der Waals surface area contributed by atoms with E-state index in [2.05, 4.69) is 0 Å². The quantitative estimate of drug-likeness (QED) is 0.842. The molecule has 1 fully saturated rings. The van der Waals surface area contributed by atoms with Gasteiger partial charge in [0.1, 0.15) is 5.82 Å². The summed E-state index contributed by atoms with van der Waals surface area (Å²) < 4.78 is 12.9. The van der Waals surface area contributed by atoms with Crippen LogP contribution in [0.2, 0.25) is 5.02 Å². The first-order valence-corrected chi connectivity index (χ1v) is 6.22. The molecule has 0 saturated heterocycles. The van der Waals surface area contributed by atoms with Crippen LogP contribution in [0.5, 0.6) is 0 Å². The van der Waals surface area contributed by atoms with E-state index in [1.54, 1.807) is 6.07 Å². The largest absolute Gasteiger partial charge is 0.328 e. The Morgan fingerprint density at radius 2 is 2.19 bits per heavy atom. The molecule has 0 bridgehead atoms. The van der Waals surface area contributed by atoms with Crippen LogP contribution in [-0.2, 0) is 6.42 Å². The molecule has 2 unspecified atom stereocenters. The molecule has 2 atom stereocenters. The maximum absolute atomic E-state index is 12.9. The number of hydrogen-bond acceptors (Lipinski definition) is 1. The van der Waals surface area contributed by atoms with Crippen molar-refractivity contribution in [2.24, 2.45) is 11.7 Å². The van der Waals surface area contributed by atoms with Crippen molar-refractivity contribution < 1.29 is 4.39 Å². The Morgan fingerprint density at radius 1 is 1.38 bits per heavy atom. The predicted molar refractivity (Wildman–Crippen MR) is 65.0 cm³/mol. The molecule has 16 heavy (non-hydrogen) atoms. The van der Waals surface area contributed by atoms with Gasteiger partial charge in [0.2, 0.25) is 0 Å². The molecule has 88 valence electrons. The van der Waals surface area contributed by atoms with Crippen LogP contribution in [0, 0.1) is 11.7 Å². The highest BCUT2D eigenvalue weighted by Crippen LogP contribution is 2.29. The average molecular weight is 242 g/mol. The van der Waals surface area contributed by atoms with Crippen LogP contribution in [-0.4, -0.2) is 6.04 Å². The maximum atomic E-state index is 12.9. The van der Waals surface area contributed by atoms with E-state index in [-0.39, 0.29) is 5.82 Å². The summed E-state index contributed by atoms with van der Waals surface area (Å²) in [6.45, 7) is 0. The van der Waals surface area contributed by atoms with Crippen molar-refractivity contribution in [1.29, 1.82) is 0 Å². The fourth-order valence-corrected chi connectivity index (χ4v) is 2.76. The van der Waals surface area contributed by atoms with Crippen molar-refractivity contribution >= 4 is 11.6 Å². The Morgan fingerprint density at radius 3 is 2.88 bits per heavy atom. The maximum Gasteiger partial charge on any atom is 0.124 e. The first kappa shape index (κ1) is 11.9. The van der Waals surface area contributed by atoms with Gasteiger partial charge in [-0.2, -0.15) is 0 Å². The Kier molecular flexibility index (Phi) is 3.82. The summed E-state index contributed by atoms with van der Waals surface area (Å²) in [7, 11) is 0. The van der Waals surface area contributed by atoms with Crippen LogP contribution in [0.3, 0.4) is 0 Å². The topological polar surface area (TPSA) is 26.0 Å². The number of hydrogen-bond donors (Lipinski definition) is 1. The standard InChI is InChI=1S/C13H17ClFN/c14-13-8-11(15)5-4-10(13)6-9-2-1-3-12(16)7-9/h4-5,8-9,12H,1-3,6-7,16H2. The van der Waals surface area contributed by atoms with Gasteiger partial charge in [0.25, 0.3) is 0 Å². The first-order valence-electron chi connectivity index (χ1n) is 5.84. The van der Waals surface area contributed by atoms with Gasteiger partial charge < -0.3 is 5.73 Å². The number of nitrogens with two attached hydrogens (primary N) is 1. The highest BCUT2D eigenvalue weighted by molar-refractivity contribution is 6.31. The fourth-order valence-electron chi connectivity index (χ4n) is 2.52. The zero-order valence-corrected chi connectivity index (χ0v) is 10.0. The first-order chi connectivity index (χ1) is 7.65. The molecule has 2 N–H and O–H groups in total. The molecule has 1 aromatic rings. The second-order valence-electron chi connectivity index (χ2n) is 4.73. The molecule has 0 spiro atoms. The minimum Gasteiger partial charge on any atom is -0.328 e. The highest BCUT2D eigenvalue weighted by Gasteiger charge is 2.20. The SMILES string of the molecule is NC1CCCC(Cc2ccc(F)cc2Cl)C1. The van der Waals surface area contributed by atoms with Crippen molar-refractivity contribution in [1.82, 2.24) is 0 Å². The van der Waals surface area contributed by atoms with Crippen molar-refractivity contribution in [2.75, 3.05) is 0 Å². The van der Waals surface area contributed by atoms with Gasteiger partial charge >= 0.3 is 0 Å². The van der Waals surface area contributed by atoms with Gasteiger partial charge in [-0.05, 0) is 42.9 Å². The zero-order chi connectivity index (χ0) is 11.5. The van der Waals surface area contributed by atoms with E-state index in [0.717, 1.165) is 24.8 Å². The van der Waals surface area contributed by atoms with Crippen LogP contribution in [0.4, 0.5) is 4.39 Å². The smallest absolute Gasteiger partial charge is 0.124 e. The number of halogens is 2. The summed E-state index contributed by atoms with van der Waals surface area (Å²) in [5.41, 5.74) is 6.99. The third-order valence-electron chi connectivity index (χ3n) is 3.35. The lowest BCUT2D eigenvalue weighted by Gasteiger charge is -2.26. The third kappa shape index (κ3) is 2.96. The Labute approximate surface area is 101 Å². The summed E-state index contributed by atoms with van der Waals surface area (Å²) in [5.74, 6) is 0.334. The van der Waals surface area contributed by atoms with E-state index in [4.69, 9.17) is 17.3 Å². The molecular weight excluding hydrogens is 225 g/mol. The van der Waals surface area contributed by atoms with Crippen molar-refractivity contribution in [2.45, 2.75) is 38.1 Å². The molecule has 2 rings (SSSR count). The molecule has 3 heteroatoms. The van der Waals surface area contributed by atoms with Crippen LogP contribution >= 0.6 is 11.6 Å². The van der Waals surface area contributed by atoms with E-state index in [0.29, 0.717) is 17.0 Å². The molecule has 1 nitrogen and oxygen atoms in total. The van der Waals surface area contributed by atoms with E-state index in [9.17, 15) is 4.39 Å². The molecule has 0 amide bonds. The van der Waals surface area contributed by atoms with Gasteiger partial charge in [0, 0.05) is 11.1 Å². The number of rotatable bonds is 2. The normalized spacial score (nSPS) is 25.7. The van der Waals surface area contributed by atoms with Crippen LogP contribution in [0.15, 0.2) is 18.2 Å². The molecule has 0 heterocycles. The lowest BCUT2D eigenvalue weighted by Crippen LogP contribution is -2.28. The average Bonchev–Trinajstić information content (AvgIpc) is 2.22. The molecule has 0 radical (unpaired) electrons. The van der Waals surface area contributed by atoms with Crippen molar-refractivity contribution in [3.05, 3.63) is 34.6 Å². The van der Waals surface area contributed by atoms with Gasteiger partial charge in [0.05, 0.1) is 0 Å². The molecule has 0 aliphatic heterocycles. The molecule has 1 aliphatic rings.